The number of amides is 1. The number of carbonyl (C=O) groups excluding carboxylic acids is 1. The Hall–Kier alpha value is -2.82. The lowest BCUT2D eigenvalue weighted by Crippen LogP contribution is -2.16. The van der Waals surface area contributed by atoms with Crippen LogP contribution < -0.4 is 11.1 Å². The predicted octanol–water partition coefficient (Wildman–Crippen LogP) is 2.46. The van der Waals surface area contributed by atoms with Crippen molar-refractivity contribution in [1.29, 1.82) is 0 Å². The van der Waals surface area contributed by atoms with Crippen LogP contribution in [0.5, 0.6) is 0 Å². The van der Waals surface area contributed by atoms with Gasteiger partial charge >= 0.3 is 5.97 Å². The molecular formula is C16H16N2O3. The molecule has 0 heterocycles. The molecule has 21 heavy (non-hydrogen) atoms. The maximum absolute atomic E-state index is 12.3. The predicted molar refractivity (Wildman–Crippen MR) is 81.3 cm³/mol. The van der Waals surface area contributed by atoms with Gasteiger partial charge in [-0.3, -0.25) is 9.59 Å². The number of hydrogen-bond acceptors (Lipinski definition) is 3. The highest BCUT2D eigenvalue weighted by atomic mass is 16.4. The third-order valence-corrected chi connectivity index (χ3v) is 3.23. The molecule has 0 unspecified atom stereocenters. The Balaban J connectivity index is 2.28. The molecule has 0 spiro atoms. The third-order valence-electron chi connectivity index (χ3n) is 3.23. The molecule has 0 aliphatic rings. The van der Waals surface area contributed by atoms with Gasteiger partial charge in [0.05, 0.1) is 6.42 Å². The second-order valence-corrected chi connectivity index (χ2v) is 4.70. The molecule has 0 fully saturated rings. The van der Waals surface area contributed by atoms with Gasteiger partial charge in [0.1, 0.15) is 0 Å². The monoisotopic (exact) mass is 284 g/mol. The Kier molecular flexibility index (Phi) is 4.23. The first kappa shape index (κ1) is 14.6. The highest BCUT2D eigenvalue weighted by molar-refractivity contribution is 6.06. The lowest BCUT2D eigenvalue weighted by molar-refractivity contribution is -0.136. The topological polar surface area (TPSA) is 92.4 Å². The maximum Gasteiger partial charge on any atom is 0.307 e. The molecule has 0 aromatic heterocycles. The summed E-state index contributed by atoms with van der Waals surface area (Å²) in [6, 6.07) is 12.0. The number of nitrogens with two attached hydrogens (primary N) is 1. The zero-order valence-electron chi connectivity index (χ0n) is 11.6. The van der Waals surface area contributed by atoms with Crippen LogP contribution in [0.1, 0.15) is 21.5 Å². The number of aliphatic carboxylic acids is 1. The van der Waals surface area contributed by atoms with Crippen molar-refractivity contribution >= 4 is 23.3 Å². The highest BCUT2D eigenvalue weighted by Crippen LogP contribution is 2.20. The van der Waals surface area contributed by atoms with Gasteiger partial charge in [0.2, 0.25) is 0 Å². The largest absolute Gasteiger partial charge is 0.481 e. The van der Waals surface area contributed by atoms with Crippen LogP contribution in [0.4, 0.5) is 11.4 Å². The van der Waals surface area contributed by atoms with E-state index >= 15 is 0 Å². The lowest BCUT2D eigenvalue weighted by Gasteiger charge is -2.12. The van der Waals surface area contributed by atoms with Gasteiger partial charge in [0.15, 0.2) is 0 Å². The van der Waals surface area contributed by atoms with Gasteiger partial charge < -0.3 is 16.2 Å². The van der Waals surface area contributed by atoms with E-state index in [-0.39, 0.29) is 12.3 Å². The number of hydrogen-bond donors (Lipinski definition) is 3. The number of nitrogen functional groups attached to an aromatic ring is 1. The summed E-state index contributed by atoms with van der Waals surface area (Å²) >= 11 is 0. The number of nitrogens with one attached hydrogen (secondary N) is 1. The van der Waals surface area contributed by atoms with Crippen LogP contribution in [-0.4, -0.2) is 17.0 Å². The third kappa shape index (κ3) is 3.39. The minimum Gasteiger partial charge on any atom is -0.481 e. The average molecular weight is 284 g/mol. The van der Waals surface area contributed by atoms with Crippen LogP contribution in [0.3, 0.4) is 0 Å². The Labute approximate surface area is 122 Å². The van der Waals surface area contributed by atoms with E-state index in [1.165, 1.54) is 0 Å². The van der Waals surface area contributed by atoms with Crippen molar-refractivity contribution < 1.29 is 14.7 Å². The minimum atomic E-state index is -0.947. The summed E-state index contributed by atoms with van der Waals surface area (Å²) in [5.74, 6) is -1.26. The Bertz CT molecular complexity index is 696. The molecular weight excluding hydrogens is 268 g/mol. The summed E-state index contributed by atoms with van der Waals surface area (Å²) in [5, 5.41) is 11.6. The second kappa shape index (κ2) is 6.09. The van der Waals surface area contributed by atoms with Crippen molar-refractivity contribution in [3.63, 3.8) is 0 Å². The fraction of sp³-hybridized carbons (Fsp3) is 0.125. The van der Waals surface area contributed by atoms with E-state index in [1.807, 2.05) is 0 Å². The Morgan fingerprint density at radius 2 is 1.86 bits per heavy atom. The van der Waals surface area contributed by atoms with Gasteiger partial charge in [0, 0.05) is 16.9 Å². The number of carboxylic acid groups (broad SMARTS) is 1. The standard InChI is InChI=1S/C16H16N2O3/c1-10-12(6-4-7-13(10)17)16(21)18-14-8-3-2-5-11(14)9-15(19)20/h2-8H,9,17H2,1H3,(H,18,21)(H,19,20). The van der Waals surface area contributed by atoms with Gasteiger partial charge in [-0.1, -0.05) is 24.3 Å². The number of anilines is 2. The van der Waals surface area contributed by atoms with E-state index in [0.29, 0.717) is 28.1 Å². The number of rotatable bonds is 4. The van der Waals surface area contributed by atoms with Crippen LogP contribution in [-0.2, 0) is 11.2 Å². The zero-order valence-corrected chi connectivity index (χ0v) is 11.6. The van der Waals surface area contributed by atoms with E-state index < -0.39 is 5.97 Å². The first-order valence-electron chi connectivity index (χ1n) is 6.45. The van der Waals surface area contributed by atoms with E-state index in [4.69, 9.17) is 10.8 Å². The van der Waals surface area contributed by atoms with E-state index in [0.717, 1.165) is 0 Å². The molecule has 0 aliphatic heterocycles. The van der Waals surface area contributed by atoms with Crippen LogP contribution in [0.25, 0.3) is 0 Å². The fourth-order valence-electron chi connectivity index (χ4n) is 2.05. The molecule has 0 aliphatic carbocycles. The van der Waals surface area contributed by atoms with Gasteiger partial charge in [-0.15, -0.1) is 0 Å². The first-order chi connectivity index (χ1) is 9.99. The normalized spacial score (nSPS) is 10.1. The van der Waals surface area contributed by atoms with Gasteiger partial charge in [-0.05, 0) is 36.2 Å². The van der Waals surface area contributed by atoms with E-state index in [2.05, 4.69) is 5.32 Å². The smallest absolute Gasteiger partial charge is 0.307 e. The lowest BCUT2D eigenvalue weighted by atomic mass is 10.1. The molecule has 0 saturated carbocycles. The Morgan fingerprint density at radius 1 is 1.14 bits per heavy atom. The number of carbonyl (C=O) groups is 2. The molecule has 5 nitrogen and oxygen atoms in total. The molecule has 0 atom stereocenters. The summed E-state index contributed by atoms with van der Waals surface area (Å²) in [4.78, 5) is 23.2. The second-order valence-electron chi connectivity index (χ2n) is 4.70. The average Bonchev–Trinajstić information content (AvgIpc) is 2.43. The summed E-state index contributed by atoms with van der Waals surface area (Å²) in [7, 11) is 0. The van der Waals surface area contributed by atoms with Gasteiger partial charge in [-0.2, -0.15) is 0 Å². The van der Waals surface area contributed by atoms with Crippen molar-refractivity contribution in [2.24, 2.45) is 0 Å². The van der Waals surface area contributed by atoms with Crippen LogP contribution in [0.15, 0.2) is 42.5 Å². The van der Waals surface area contributed by atoms with E-state index in [9.17, 15) is 9.59 Å². The molecule has 5 heteroatoms. The number of carboxylic acids is 1. The highest BCUT2D eigenvalue weighted by Gasteiger charge is 2.13. The van der Waals surface area contributed by atoms with Crippen molar-refractivity contribution in [1.82, 2.24) is 0 Å². The maximum atomic E-state index is 12.3. The fourth-order valence-corrected chi connectivity index (χ4v) is 2.05. The van der Waals surface area contributed by atoms with Crippen LogP contribution >= 0.6 is 0 Å². The summed E-state index contributed by atoms with van der Waals surface area (Å²) < 4.78 is 0. The molecule has 2 aromatic carbocycles. The summed E-state index contributed by atoms with van der Waals surface area (Å²) in [5.41, 5.74) is 8.55. The van der Waals surface area contributed by atoms with Crippen LogP contribution in [0, 0.1) is 6.92 Å². The summed E-state index contributed by atoms with van der Waals surface area (Å²) in [6.45, 7) is 1.77. The van der Waals surface area contributed by atoms with Crippen molar-refractivity contribution in [2.45, 2.75) is 13.3 Å². The molecule has 0 radical (unpaired) electrons. The van der Waals surface area contributed by atoms with Crippen LogP contribution in [0.2, 0.25) is 0 Å². The summed E-state index contributed by atoms with van der Waals surface area (Å²) in [6.07, 6.45) is -0.146. The molecule has 108 valence electrons. The number of para-hydroxylation sites is 1. The van der Waals surface area contributed by atoms with E-state index in [1.54, 1.807) is 49.4 Å². The Morgan fingerprint density at radius 3 is 2.57 bits per heavy atom. The molecule has 4 N–H and O–H groups in total. The van der Waals surface area contributed by atoms with Crippen molar-refractivity contribution in [2.75, 3.05) is 11.1 Å². The molecule has 2 aromatic rings. The number of benzene rings is 2. The first-order valence-corrected chi connectivity index (χ1v) is 6.45. The molecule has 1 amide bonds. The van der Waals surface area contributed by atoms with Crippen molar-refractivity contribution in [3.05, 3.63) is 59.2 Å². The molecule has 2 rings (SSSR count). The van der Waals surface area contributed by atoms with Gasteiger partial charge in [0.25, 0.3) is 5.91 Å². The van der Waals surface area contributed by atoms with Gasteiger partial charge in [-0.25, -0.2) is 0 Å². The quantitative estimate of drug-likeness (QED) is 0.752. The minimum absolute atomic E-state index is 0.146. The molecule has 0 saturated heterocycles. The SMILES string of the molecule is Cc1c(N)cccc1C(=O)Nc1ccccc1CC(=O)O. The zero-order chi connectivity index (χ0) is 15.4. The van der Waals surface area contributed by atoms with Crippen molar-refractivity contribution in [3.8, 4) is 0 Å². The molecule has 0 bridgehead atoms.